The van der Waals surface area contributed by atoms with Crippen molar-refractivity contribution in [3.63, 3.8) is 0 Å². The summed E-state index contributed by atoms with van der Waals surface area (Å²) in [7, 11) is -2.55. The standard InChI is InChI=1S/C13H13NO4S/c1-14(9-13(15)16)19(17,18)12-8-4-6-10-5-2-3-7-11(10)12/h2-8H,9H2,1H3,(H,15,16). The highest BCUT2D eigenvalue weighted by atomic mass is 32.2. The van der Waals surface area contributed by atoms with Gasteiger partial charge in [-0.3, -0.25) is 4.79 Å². The minimum Gasteiger partial charge on any atom is -0.480 e. The molecule has 2 aromatic rings. The minimum absolute atomic E-state index is 0.120. The molecule has 0 aromatic heterocycles. The van der Waals surface area contributed by atoms with E-state index in [0.717, 1.165) is 9.69 Å². The van der Waals surface area contributed by atoms with Gasteiger partial charge < -0.3 is 5.11 Å². The van der Waals surface area contributed by atoms with E-state index in [4.69, 9.17) is 5.11 Å². The largest absolute Gasteiger partial charge is 0.480 e. The third-order valence-electron chi connectivity index (χ3n) is 2.80. The van der Waals surface area contributed by atoms with Gasteiger partial charge in [-0.1, -0.05) is 36.4 Å². The maximum Gasteiger partial charge on any atom is 0.318 e. The predicted octanol–water partition coefficient (Wildman–Crippen LogP) is 1.54. The Kier molecular flexibility index (Phi) is 3.55. The Morgan fingerprint density at radius 1 is 1.16 bits per heavy atom. The quantitative estimate of drug-likeness (QED) is 0.921. The van der Waals surface area contributed by atoms with Crippen molar-refractivity contribution in [2.45, 2.75) is 4.90 Å². The molecule has 19 heavy (non-hydrogen) atoms. The van der Waals surface area contributed by atoms with E-state index in [-0.39, 0.29) is 4.90 Å². The van der Waals surface area contributed by atoms with Crippen LogP contribution < -0.4 is 0 Å². The highest BCUT2D eigenvalue weighted by Gasteiger charge is 2.24. The van der Waals surface area contributed by atoms with Crippen LogP contribution in [0.4, 0.5) is 0 Å². The molecule has 0 heterocycles. The molecule has 2 rings (SSSR count). The summed E-state index contributed by atoms with van der Waals surface area (Å²) in [5.74, 6) is -1.19. The van der Waals surface area contributed by atoms with Gasteiger partial charge in [-0.25, -0.2) is 8.42 Å². The number of aliphatic carboxylic acids is 1. The number of carboxylic acids is 1. The molecule has 0 amide bonds. The van der Waals surface area contributed by atoms with Crippen LogP contribution in [0.15, 0.2) is 47.4 Å². The Bertz CT molecular complexity index is 719. The Hall–Kier alpha value is -1.92. The number of likely N-dealkylation sites (N-methyl/N-ethyl adjacent to an activating group) is 1. The number of nitrogens with zero attached hydrogens (tertiary/aromatic N) is 1. The van der Waals surface area contributed by atoms with E-state index in [1.165, 1.54) is 13.1 Å². The Morgan fingerprint density at radius 3 is 2.47 bits per heavy atom. The number of rotatable bonds is 4. The zero-order valence-electron chi connectivity index (χ0n) is 10.3. The summed E-state index contributed by atoms with van der Waals surface area (Å²) in [5, 5.41) is 10.1. The zero-order valence-corrected chi connectivity index (χ0v) is 11.1. The average Bonchev–Trinajstić information content (AvgIpc) is 2.37. The van der Waals surface area contributed by atoms with E-state index in [0.29, 0.717) is 5.39 Å². The molecular formula is C13H13NO4S. The molecule has 2 aromatic carbocycles. The van der Waals surface area contributed by atoms with Gasteiger partial charge in [-0.15, -0.1) is 0 Å². The second kappa shape index (κ2) is 4.99. The van der Waals surface area contributed by atoms with Gasteiger partial charge in [0.2, 0.25) is 10.0 Å². The molecule has 0 aliphatic rings. The van der Waals surface area contributed by atoms with Gasteiger partial charge in [0.25, 0.3) is 0 Å². The van der Waals surface area contributed by atoms with Crippen LogP contribution >= 0.6 is 0 Å². The summed E-state index contributed by atoms with van der Waals surface area (Å²) >= 11 is 0. The molecule has 0 aliphatic carbocycles. The maximum absolute atomic E-state index is 12.3. The van der Waals surface area contributed by atoms with Crippen LogP contribution in [0.2, 0.25) is 0 Å². The lowest BCUT2D eigenvalue weighted by Crippen LogP contribution is -2.32. The molecule has 100 valence electrons. The van der Waals surface area contributed by atoms with E-state index < -0.39 is 22.5 Å². The molecule has 0 saturated carbocycles. The van der Waals surface area contributed by atoms with Crippen molar-refractivity contribution in [3.05, 3.63) is 42.5 Å². The first-order valence-electron chi connectivity index (χ1n) is 5.59. The van der Waals surface area contributed by atoms with Gasteiger partial charge in [0, 0.05) is 12.4 Å². The molecule has 0 unspecified atom stereocenters. The first-order chi connectivity index (χ1) is 8.93. The van der Waals surface area contributed by atoms with E-state index in [2.05, 4.69) is 0 Å². The highest BCUT2D eigenvalue weighted by Crippen LogP contribution is 2.24. The number of fused-ring (bicyclic) bond motifs is 1. The lowest BCUT2D eigenvalue weighted by molar-refractivity contribution is -0.137. The third-order valence-corrected chi connectivity index (χ3v) is 4.66. The number of hydrogen-bond donors (Lipinski definition) is 1. The number of carboxylic acid groups (broad SMARTS) is 1. The predicted molar refractivity (Wildman–Crippen MR) is 71.4 cm³/mol. The SMILES string of the molecule is CN(CC(=O)O)S(=O)(=O)c1cccc2ccccc12. The van der Waals surface area contributed by atoms with E-state index in [1.54, 1.807) is 18.2 Å². The molecule has 0 bridgehead atoms. The van der Waals surface area contributed by atoms with Crippen LogP contribution in [-0.2, 0) is 14.8 Å². The average molecular weight is 279 g/mol. The first kappa shape index (κ1) is 13.5. The summed E-state index contributed by atoms with van der Waals surface area (Å²) in [6.07, 6.45) is 0. The Balaban J connectivity index is 2.58. The van der Waals surface area contributed by atoms with Crippen molar-refractivity contribution in [1.82, 2.24) is 4.31 Å². The van der Waals surface area contributed by atoms with Crippen LogP contribution in [0.1, 0.15) is 0 Å². The van der Waals surface area contributed by atoms with Crippen molar-refractivity contribution in [1.29, 1.82) is 0 Å². The first-order valence-corrected chi connectivity index (χ1v) is 7.03. The van der Waals surface area contributed by atoms with Gasteiger partial charge in [-0.2, -0.15) is 4.31 Å². The Labute approximate surface area is 111 Å². The molecule has 0 atom stereocenters. The van der Waals surface area contributed by atoms with Gasteiger partial charge in [0.1, 0.15) is 6.54 Å². The van der Waals surface area contributed by atoms with Gasteiger partial charge in [0.05, 0.1) is 4.90 Å². The summed E-state index contributed by atoms with van der Waals surface area (Å²) in [4.78, 5) is 10.8. The van der Waals surface area contributed by atoms with Crippen LogP contribution in [-0.4, -0.2) is 37.4 Å². The Morgan fingerprint density at radius 2 is 1.79 bits per heavy atom. The van der Waals surface area contributed by atoms with Crippen molar-refractivity contribution >= 4 is 26.8 Å². The van der Waals surface area contributed by atoms with E-state index >= 15 is 0 Å². The van der Waals surface area contributed by atoms with Crippen LogP contribution in [0.5, 0.6) is 0 Å². The topological polar surface area (TPSA) is 74.7 Å². The normalized spacial score (nSPS) is 11.9. The molecular weight excluding hydrogens is 266 g/mol. The molecule has 6 heteroatoms. The molecule has 0 saturated heterocycles. The fraction of sp³-hybridized carbons (Fsp3) is 0.154. The molecule has 0 fully saturated rings. The van der Waals surface area contributed by atoms with Crippen molar-refractivity contribution in [2.24, 2.45) is 0 Å². The van der Waals surface area contributed by atoms with Crippen LogP contribution in [0, 0.1) is 0 Å². The lowest BCUT2D eigenvalue weighted by atomic mass is 10.1. The van der Waals surface area contributed by atoms with Gasteiger partial charge >= 0.3 is 5.97 Å². The van der Waals surface area contributed by atoms with Crippen molar-refractivity contribution in [2.75, 3.05) is 13.6 Å². The molecule has 0 aliphatic heterocycles. The summed E-state index contributed by atoms with van der Waals surface area (Å²) in [5.41, 5.74) is 0. The number of hydrogen-bond acceptors (Lipinski definition) is 3. The van der Waals surface area contributed by atoms with Crippen molar-refractivity contribution in [3.8, 4) is 0 Å². The molecule has 0 spiro atoms. The summed E-state index contributed by atoms with van der Waals surface area (Å²) in [6, 6.07) is 12.0. The second-order valence-corrected chi connectivity index (χ2v) is 6.15. The molecule has 1 N–H and O–H groups in total. The minimum atomic E-state index is -3.81. The fourth-order valence-corrected chi connectivity index (χ4v) is 3.19. The van der Waals surface area contributed by atoms with Crippen LogP contribution in [0.3, 0.4) is 0 Å². The summed E-state index contributed by atoms with van der Waals surface area (Å²) < 4.78 is 25.5. The number of carbonyl (C=O) groups is 1. The van der Waals surface area contributed by atoms with E-state index in [1.807, 2.05) is 18.2 Å². The monoisotopic (exact) mass is 279 g/mol. The van der Waals surface area contributed by atoms with Gasteiger partial charge in [0.15, 0.2) is 0 Å². The number of benzene rings is 2. The highest BCUT2D eigenvalue weighted by molar-refractivity contribution is 7.89. The number of sulfonamides is 1. The zero-order chi connectivity index (χ0) is 14.0. The van der Waals surface area contributed by atoms with Gasteiger partial charge in [-0.05, 0) is 11.5 Å². The molecule has 0 radical (unpaired) electrons. The van der Waals surface area contributed by atoms with Crippen LogP contribution in [0.25, 0.3) is 10.8 Å². The van der Waals surface area contributed by atoms with Crippen molar-refractivity contribution < 1.29 is 18.3 Å². The second-order valence-electron chi connectivity index (χ2n) is 4.13. The molecule has 5 nitrogen and oxygen atoms in total. The van der Waals surface area contributed by atoms with E-state index in [9.17, 15) is 13.2 Å². The lowest BCUT2D eigenvalue weighted by Gasteiger charge is -2.16. The fourth-order valence-electron chi connectivity index (χ4n) is 1.86. The smallest absolute Gasteiger partial charge is 0.318 e. The summed E-state index contributed by atoms with van der Waals surface area (Å²) in [6.45, 7) is -0.564. The third kappa shape index (κ3) is 2.59. The maximum atomic E-state index is 12.3.